The monoisotopic (exact) mass is 319 g/mol. The van der Waals surface area contributed by atoms with Gasteiger partial charge in [0.1, 0.15) is 0 Å². The molecule has 0 saturated heterocycles. The molecule has 2 rings (SSSR count). The number of urea groups is 1. The molecule has 0 aliphatic carbocycles. The summed E-state index contributed by atoms with van der Waals surface area (Å²) in [5.74, 6) is 0. The van der Waals surface area contributed by atoms with Crippen LogP contribution in [0.2, 0.25) is 0 Å². The number of hydrogen-bond acceptors (Lipinski definition) is 3. The number of aromatic amines is 1. The summed E-state index contributed by atoms with van der Waals surface area (Å²) in [5, 5.41) is 9.72. The first kappa shape index (κ1) is 16.3. The summed E-state index contributed by atoms with van der Waals surface area (Å²) in [7, 11) is 0. The minimum absolute atomic E-state index is 0.0343. The largest absolute Gasteiger partial charge is 0.335 e. The van der Waals surface area contributed by atoms with Gasteiger partial charge in [0.05, 0.1) is 6.54 Å². The summed E-state index contributed by atoms with van der Waals surface area (Å²) >= 11 is 1.65. The molecule has 2 heterocycles. The second-order valence-electron chi connectivity index (χ2n) is 5.51. The minimum atomic E-state index is -0.262. The number of aryl methyl sites for hydroxylation is 2. The van der Waals surface area contributed by atoms with Crippen molar-refractivity contribution in [2.75, 3.05) is 0 Å². The lowest BCUT2D eigenvalue weighted by molar-refractivity contribution is 0.237. The maximum absolute atomic E-state index is 11.9. The van der Waals surface area contributed by atoms with Crippen molar-refractivity contribution >= 4 is 17.4 Å². The Morgan fingerprint density at radius 1 is 1.41 bits per heavy atom. The predicted octanol–water partition coefficient (Wildman–Crippen LogP) is 2.48. The maximum Gasteiger partial charge on any atom is 0.315 e. The summed E-state index contributed by atoms with van der Waals surface area (Å²) in [5.41, 5.74) is 3.35. The van der Waals surface area contributed by atoms with Gasteiger partial charge in [0.25, 0.3) is 5.56 Å². The molecule has 3 N–H and O–H groups in total. The van der Waals surface area contributed by atoms with E-state index >= 15 is 0 Å². The number of aromatic nitrogens is 1. The molecule has 0 aliphatic heterocycles. The van der Waals surface area contributed by atoms with Crippen molar-refractivity contribution in [3.8, 4) is 0 Å². The maximum atomic E-state index is 11.9. The van der Waals surface area contributed by atoms with E-state index in [9.17, 15) is 9.59 Å². The molecule has 118 valence electrons. The summed E-state index contributed by atoms with van der Waals surface area (Å²) in [4.78, 5) is 26.5. The predicted molar refractivity (Wildman–Crippen MR) is 89.4 cm³/mol. The fourth-order valence-corrected chi connectivity index (χ4v) is 3.04. The van der Waals surface area contributed by atoms with Crippen LogP contribution in [0.15, 0.2) is 27.7 Å². The van der Waals surface area contributed by atoms with E-state index in [1.807, 2.05) is 32.2 Å². The molecule has 0 aromatic carbocycles. The average Bonchev–Trinajstić information content (AvgIpc) is 2.89. The number of amides is 2. The van der Waals surface area contributed by atoms with Crippen molar-refractivity contribution < 1.29 is 4.79 Å². The first-order valence-electron chi connectivity index (χ1n) is 7.20. The number of thiophene rings is 1. The Morgan fingerprint density at radius 3 is 2.82 bits per heavy atom. The molecule has 22 heavy (non-hydrogen) atoms. The highest BCUT2D eigenvalue weighted by Crippen LogP contribution is 2.08. The Kier molecular flexibility index (Phi) is 5.38. The van der Waals surface area contributed by atoms with Crippen LogP contribution in [0.1, 0.15) is 29.3 Å². The zero-order chi connectivity index (χ0) is 16.1. The highest BCUT2D eigenvalue weighted by Gasteiger charge is 2.10. The van der Waals surface area contributed by atoms with Gasteiger partial charge in [-0.25, -0.2) is 4.79 Å². The fraction of sp³-hybridized carbons (Fsp3) is 0.375. The average molecular weight is 319 g/mol. The second kappa shape index (κ2) is 7.26. The van der Waals surface area contributed by atoms with E-state index in [-0.39, 0.29) is 24.2 Å². The highest BCUT2D eigenvalue weighted by molar-refractivity contribution is 7.07. The molecule has 1 atom stereocenters. The van der Waals surface area contributed by atoms with Crippen LogP contribution in [0.3, 0.4) is 0 Å². The number of nitrogens with one attached hydrogen (secondary N) is 3. The summed E-state index contributed by atoms with van der Waals surface area (Å²) in [6.45, 7) is 5.89. The standard InChI is InChI=1S/C16H21N3O2S/c1-10-6-11(2)18-15(20)14(10)8-17-16(21)19-12(3)7-13-4-5-22-9-13/h4-6,9,12H,7-8H2,1-3H3,(H,18,20)(H2,17,19,21)/t12-/m1/s1. The number of carbonyl (C=O) groups excluding carboxylic acids is 1. The molecule has 5 nitrogen and oxygen atoms in total. The third-order valence-corrected chi connectivity index (χ3v) is 4.15. The Morgan fingerprint density at radius 2 is 2.18 bits per heavy atom. The molecular formula is C16H21N3O2S. The molecule has 0 saturated carbocycles. The molecule has 0 radical (unpaired) electrons. The lowest BCUT2D eigenvalue weighted by Crippen LogP contribution is -2.42. The number of rotatable bonds is 5. The van der Waals surface area contributed by atoms with Gasteiger partial charge >= 0.3 is 6.03 Å². The molecule has 0 spiro atoms. The molecule has 0 aliphatic rings. The topological polar surface area (TPSA) is 74.0 Å². The Bertz CT molecular complexity index is 692. The van der Waals surface area contributed by atoms with Crippen LogP contribution >= 0.6 is 11.3 Å². The lowest BCUT2D eigenvalue weighted by atomic mass is 10.1. The Balaban J connectivity index is 1.86. The fourth-order valence-electron chi connectivity index (χ4n) is 2.36. The quantitative estimate of drug-likeness (QED) is 0.792. The van der Waals surface area contributed by atoms with Gasteiger partial charge in [-0.3, -0.25) is 4.79 Å². The van der Waals surface area contributed by atoms with Crippen LogP contribution in [-0.2, 0) is 13.0 Å². The molecule has 0 unspecified atom stereocenters. The van der Waals surface area contributed by atoms with E-state index in [1.54, 1.807) is 11.3 Å². The van der Waals surface area contributed by atoms with Crippen LogP contribution < -0.4 is 16.2 Å². The Labute approximate surface area is 133 Å². The van der Waals surface area contributed by atoms with E-state index in [0.29, 0.717) is 5.56 Å². The van der Waals surface area contributed by atoms with Gasteiger partial charge in [-0.2, -0.15) is 11.3 Å². The minimum Gasteiger partial charge on any atom is -0.335 e. The van der Waals surface area contributed by atoms with Crippen LogP contribution in [0.5, 0.6) is 0 Å². The van der Waals surface area contributed by atoms with E-state index in [2.05, 4.69) is 27.1 Å². The van der Waals surface area contributed by atoms with Gasteiger partial charge in [-0.05, 0) is 61.2 Å². The first-order valence-corrected chi connectivity index (χ1v) is 8.15. The molecular weight excluding hydrogens is 298 g/mol. The molecule has 6 heteroatoms. The highest BCUT2D eigenvalue weighted by atomic mass is 32.1. The van der Waals surface area contributed by atoms with Crippen LogP contribution in [0.4, 0.5) is 4.79 Å². The third-order valence-electron chi connectivity index (χ3n) is 3.42. The van der Waals surface area contributed by atoms with E-state index in [4.69, 9.17) is 0 Å². The van der Waals surface area contributed by atoms with Crippen molar-refractivity contribution in [2.24, 2.45) is 0 Å². The zero-order valence-electron chi connectivity index (χ0n) is 13.0. The second-order valence-corrected chi connectivity index (χ2v) is 6.29. The summed E-state index contributed by atoms with van der Waals surface area (Å²) in [6.07, 6.45) is 0.793. The van der Waals surface area contributed by atoms with Crippen molar-refractivity contribution in [3.63, 3.8) is 0 Å². The van der Waals surface area contributed by atoms with Gasteiger partial charge < -0.3 is 15.6 Å². The number of H-pyrrole nitrogens is 1. The van der Waals surface area contributed by atoms with Crippen LogP contribution in [0, 0.1) is 13.8 Å². The van der Waals surface area contributed by atoms with Crippen LogP contribution in [-0.4, -0.2) is 17.1 Å². The van der Waals surface area contributed by atoms with Gasteiger partial charge in [0, 0.05) is 17.3 Å². The lowest BCUT2D eigenvalue weighted by Gasteiger charge is -2.14. The van der Waals surface area contributed by atoms with Gasteiger partial charge in [-0.1, -0.05) is 0 Å². The van der Waals surface area contributed by atoms with E-state index < -0.39 is 0 Å². The molecule has 2 aromatic heterocycles. The third kappa shape index (κ3) is 4.46. The van der Waals surface area contributed by atoms with Gasteiger partial charge in [0.2, 0.25) is 0 Å². The molecule has 0 fully saturated rings. The first-order chi connectivity index (χ1) is 10.5. The van der Waals surface area contributed by atoms with Crippen molar-refractivity contribution in [2.45, 2.75) is 39.8 Å². The Hall–Kier alpha value is -2.08. The number of pyridine rings is 1. The van der Waals surface area contributed by atoms with Gasteiger partial charge in [-0.15, -0.1) is 0 Å². The van der Waals surface area contributed by atoms with Gasteiger partial charge in [0.15, 0.2) is 0 Å². The van der Waals surface area contributed by atoms with E-state index in [1.165, 1.54) is 5.56 Å². The van der Waals surface area contributed by atoms with Crippen molar-refractivity contribution in [3.05, 3.63) is 55.6 Å². The van der Waals surface area contributed by atoms with E-state index in [0.717, 1.165) is 17.7 Å². The smallest absolute Gasteiger partial charge is 0.315 e. The molecule has 2 amide bonds. The van der Waals surface area contributed by atoms with Crippen LogP contribution in [0.25, 0.3) is 0 Å². The normalized spacial score (nSPS) is 12.0. The van der Waals surface area contributed by atoms with Crippen molar-refractivity contribution in [1.82, 2.24) is 15.6 Å². The molecule has 2 aromatic rings. The summed E-state index contributed by atoms with van der Waals surface area (Å²) in [6, 6.07) is 3.72. The SMILES string of the molecule is Cc1cc(C)c(CNC(=O)N[C@H](C)Cc2ccsc2)c(=O)[nH]1. The van der Waals surface area contributed by atoms with Crippen molar-refractivity contribution in [1.29, 1.82) is 0 Å². The summed E-state index contributed by atoms with van der Waals surface area (Å²) < 4.78 is 0. The molecule has 0 bridgehead atoms. The zero-order valence-corrected chi connectivity index (χ0v) is 13.8. The number of hydrogen-bond donors (Lipinski definition) is 3. The number of carbonyl (C=O) groups is 1.